The number of aromatic nitrogens is 5. The Bertz CT molecular complexity index is 1370. The molecular formula is C23H20ClN5O. The van der Waals surface area contributed by atoms with Crippen LogP contribution in [0.2, 0.25) is 5.02 Å². The maximum atomic E-state index is 6.02. The van der Waals surface area contributed by atoms with Crippen molar-refractivity contribution in [1.29, 1.82) is 0 Å². The van der Waals surface area contributed by atoms with Crippen LogP contribution in [0, 0.1) is 13.8 Å². The summed E-state index contributed by atoms with van der Waals surface area (Å²) >= 11 is 6.02. The van der Waals surface area contributed by atoms with Gasteiger partial charge in [0.25, 0.3) is 0 Å². The molecule has 6 nitrogen and oxygen atoms in total. The van der Waals surface area contributed by atoms with Crippen LogP contribution in [0.25, 0.3) is 33.8 Å². The van der Waals surface area contributed by atoms with E-state index in [1.807, 2.05) is 55.5 Å². The Morgan fingerprint density at radius 2 is 1.70 bits per heavy atom. The average Bonchev–Trinajstić information content (AvgIpc) is 3.29. The van der Waals surface area contributed by atoms with Gasteiger partial charge in [-0.1, -0.05) is 11.6 Å². The Morgan fingerprint density at radius 1 is 0.967 bits per heavy atom. The second-order valence-electron chi connectivity index (χ2n) is 7.13. The SMILES string of the molecule is CCOc1ccc(-n2c(C)c(C)c3c2ncn2nc(-c4ccc(Cl)cc4)nc32)cc1. The van der Waals surface area contributed by atoms with Crippen molar-refractivity contribution in [3.63, 3.8) is 0 Å². The molecule has 30 heavy (non-hydrogen) atoms. The van der Waals surface area contributed by atoms with Crippen LogP contribution in [0.4, 0.5) is 0 Å². The largest absolute Gasteiger partial charge is 0.494 e. The molecule has 0 aliphatic carbocycles. The molecule has 0 unspecified atom stereocenters. The number of hydrogen-bond donors (Lipinski definition) is 0. The lowest BCUT2D eigenvalue weighted by atomic mass is 10.2. The highest BCUT2D eigenvalue weighted by molar-refractivity contribution is 6.30. The summed E-state index contributed by atoms with van der Waals surface area (Å²) in [4.78, 5) is 9.54. The van der Waals surface area contributed by atoms with Crippen LogP contribution in [-0.4, -0.2) is 30.8 Å². The van der Waals surface area contributed by atoms with Crippen LogP contribution in [0.15, 0.2) is 54.9 Å². The van der Waals surface area contributed by atoms with Crippen LogP contribution in [-0.2, 0) is 0 Å². The molecule has 0 atom stereocenters. The van der Waals surface area contributed by atoms with Gasteiger partial charge in [-0.3, -0.25) is 4.57 Å². The second kappa shape index (κ2) is 7.15. The molecule has 0 amide bonds. The Kier molecular flexibility index (Phi) is 4.44. The molecule has 5 rings (SSSR count). The van der Waals surface area contributed by atoms with Crippen LogP contribution in [0.5, 0.6) is 5.75 Å². The average molecular weight is 418 g/mol. The van der Waals surface area contributed by atoms with Gasteiger partial charge in [-0.25, -0.2) is 14.5 Å². The third kappa shape index (κ3) is 2.92. The minimum atomic E-state index is 0.645. The van der Waals surface area contributed by atoms with E-state index in [-0.39, 0.29) is 0 Å². The van der Waals surface area contributed by atoms with Crippen molar-refractivity contribution in [2.75, 3.05) is 6.61 Å². The van der Waals surface area contributed by atoms with Gasteiger partial charge in [0.05, 0.1) is 12.0 Å². The van der Waals surface area contributed by atoms with Gasteiger partial charge in [0.15, 0.2) is 17.1 Å². The standard InChI is InChI=1S/C23H20ClN5O/c1-4-30-19-11-9-18(10-12-19)29-15(3)14(2)20-22(29)25-13-28-23(20)26-21(27-28)16-5-7-17(24)8-6-16/h5-13H,4H2,1-3H3. The van der Waals surface area contributed by atoms with Crippen molar-refractivity contribution in [1.82, 2.24) is 24.1 Å². The highest BCUT2D eigenvalue weighted by atomic mass is 35.5. The maximum Gasteiger partial charge on any atom is 0.182 e. The Morgan fingerprint density at radius 3 is 2.40 bits per heavy atom. The van der Waals surface area contributed by atoms with E-state index in [1.54, 1.807) is 10.8 Å². The number of rotatable bonds is 4. The molecule has 0 aliphatic rings. The van der Waals surface area contributed by atoms with Crippen LogP contribution < -0.4 is 4.74 Å². The quantitative estimate of drug-likeness (QED) is 0.392. The summed E-state index contributed by atoms with van der Waals surface area (Å²) < 4.78 is 9.46. The van der Waals surface area contributed by atoms with Crippen LogP contribution in [0.1, 0.15) is 18.2 Å². The highest BCUT2D eigenvalue weighted by Crippen LogP contribution is 2.31. The fourth-order valence-corrected chi connectivity index (χ4v) is 3.88. The van der Waals surface area contributed by atoms with Gasteiger partial charge in [-0.15, -0.1) is 5.10 Å². The molecule has 7 heteroatoms. The summed E-state index contributed by atoms with van der Waals surface area (Å²) in [5, 5.41) is 6.30. The topological polar surface area (TPSA) is 57.2 Å². The fourth-order valence-electron chi connectivity index (χ4n) is 3.76. The fraction of sp³-hybridized carbons (Fsp3) is 0.174. The predicted octanol–water partition coefficient (Wildman–Crippen LogP) is 5.40. The summed E-state index contributed by atoms with van der Waals surface area (Å²) in [6.07, 6.45) is 1.72. The monoisotopic (exact) mass is 417 g/mol. The number of fused-ring (bicyclic) bond motifs is 3. The van der Waals surface area contributed by atoms with Crippen molar-refractivity contribution in [3.05, 3.63) is 71.1 Å². The maximum absolute atomic E-state index is 6.02. The second-order valence-corrected chi connectivity index (χ2v) is 7.56. The van der Waals surface area contributed by atoms with Gasteiger partial charge in [0.2, 0.25) is 0 Å². The third-order valence-corrected chi connectivity index (χ3v) is 5.59. The molecule has 0 radical (unpaired) electrons. The molecule has 0 aliphatic heterocycles. The molecule has 0 saturated heterocycles. The molecule has 2 aromatic carbocycles. The Hall–Kier alpha value is -3.38. The lowest BCUT2D eigenvalue weighted by Crippen LogP contribution is -1.99. The number of benzene rings is 2. The van der Waals surface area contributed by atoms with Crippen molar-refractivity contribution in [3.8, 4) is 22.8 Å². The molecule has 0 spiro atoms. The molecule has 0 fully saturated rings. The lowest BCUT2D eigenvalue weighted by Gasteiger charge is -2.09. The van der Waals surface area contributed by atoms with Crippen LogP contribution in [0.3, 0.4) is 0 Å². The van der Waals surface area contributed by atoms with Crippen LogP contribution >= 0.6 is 11.6 Å². The number of nitrogens with zero attached hydrogens (tertiary/aromatic N) is 5. The van der Waals surface area contributed by atoms with Crippen molar-refractivity contribution < 1.29 is 4.74 Å². The zero-order valence-corrected chi connectivity index (χ0v) is 17.7. The summed E-state index contributed by atoms with van der Waals surface area (Å²) in [7, 11) is 0. The van der Waals surface area contributed by atoms with Gasteiger partial charge in [-0.2, -0.15) is 0 Å². The number of halogens is 1. The molecule has 0 saturated carbocycles. The molecule has 0 N–H and O–H groups in total. The van der Waals surface area contributed by atoms with Gasteiger partial charge in [0, 0.05) is 22.0 Å². The van der Waals surface area contributed by atoms with Crippen molar-refractivity contribution >= 4 is 28.3 Å². The number of hydrogen-bond acceptors (Lipinski definition) is 4. The molecular weight excluding hydrogens is 398 g/mol. The molecule has 3 aromatic heterocycles. The first-order chi connectivity index (χ1) is 14.6. The van der Waals surface area contributed by atoms with Gasteiger partial charge < -0.3 is 4.74 Å². The first kappa shape index (κ1) is 18.6. The summed E-state index contributed by atoms with van der Waals surface area (Å²) in [6, 6.07) is 15.6. The smallest absolute Gasteiger partial charge is 0.182 e. The first-order valence-corrected chi connectivity index (χ1v) is 10.2. The van der Waals surface area contributed by atoms with Gasteiger partial charge in [-0.05, 0) is 74.9 Å². The normalized spacial score (nSPS) is 11.5. The summed E-state index contributed by atoms with van der Waals surface area (Å²) in [5.41, 5.74) is 5.84. The van der Waals surface area contributed by atoms with E-state index in [0.717, 1.165) is 44.9 Å². The third-order valence-electron chi connectivity index (χ3n) is 5.34. The minimum absolute atomic E-state index is 0.645. The van der Waals surface area contributed by atoms with E-state index < -0.39 is 0 Å². The van der Waals surface area contributed by atoms with Gasteiger partial charge in [0.1, 0.15) is 12.1 Å². The van der Waals surface area contributed by atoms with E-state index in [4.69, 9.17) is 26.3 Å². The Balaban J connectivity index is 1.70. The summed E-state index contributed by atoms with van der Waals surface area (Å²) in [5.74, 6) is 1.50. The molecule has 3 heterocycles. The highest BCUT2D eigenvalue weighted by Gasteiger charge is 2.19. The van der Waals surface area contributed by atoms with E-state index in [9.17, 15) is 0 Å². The van der Waals surface area contributed by atoms with E-state index in [2.05, 4.69) is 23.5 Å². The molecule has 150 valence electrons. The van der Waals surface area contributed by atoms with Gasteiger partial charge >= 0.3 is 0 Å². The first-order valence-electron chi connectivity index (χ1n) is 9.79. The Labute approximate surface area is 178 Å². The van der Waals surface area contributed by atoms with E-state index in [1.165, 1.54) is 0 Å². The zero-order chi connectivity index (χ0) is 20.8. The van der Waals surface area contributed by atoms with E-state index in [0.29, 0.717) is 17.5 Å². The van der Waals surface area contributed by atoms with Crippen molar-refractivity contribution in [2.24, 2.45) is 0 Å². The predicted molar refractivity (Wildman–Crippen MR) is 119 cm³/mol. The zero-order valence-electron chi connectivity index (χ0n) is 16.9. The summed E-state index contributed by atoms with van der Waals surface area (Å²) in [6.45, 7) is 6.82. The lowest BCUT2D eigenvalue weighted by molar-refractivity contribution is 0.340. The van der Waals surface area contributed by atoms with E-state index >= 15 is 0 Å². The molecule has 5 aromatic rings. The minimum Gasteiger partial charge on any atom is -0.494 e. The number of ether oxygens (including phenoxy) is 1. The number of aryl methyl sites for hydroxylation is 1. The molecule has 0 bridgehead atoms. The van der Waals surface area contributed by atoms with Crippen molar-refractivity contribution in [2.45, 2.75) is 20.8 Å².